The highest BCUT2D eigenvalue weighted by Crippen LogP contribution is 2.16. The summed E-state index contributed by atoms with van der Waals surface area (Å²) >= 11 is 0. The Morgan fingerprint density at radius 2 is 2.33 bits per heavy atom. The van der Waals surface area contributed by atoms with Gasteiger partial charge in [0.25, 0.3) is 0 Å². The van der Waals surface area contributed by atoms with Crippen molar-refractivity contribution in [3.05, 3.63) is 12.4 Å². The molecule has 0 aliphatic carbocycles. The van der Waals surface area contributed by atoms with Crippen molar-refractivity contribution in [1.82, 2.24) is 9.78 Å². The summed E-state index contributed by atoms with van der Waals surface area (Å²) in [7, 11) is 0. The molecule has 0 radical (unpaired) electrons. The second-order valence-corrected chi connectivity index (χ2v) is 3.79. The number of aliphatic hydroxyl groups excluding tert-OH is 1. The van der Waals surface area contributed by atoms with Crippen LogP contribution in [0.2, 0.25) is 0 Å². The average Bonchev–Trinajstić information content (AvgIpc) is 2.35. The zero-order valence-electron chi connectivity index (χ0n) is 7.49. The molecule has 0 aliphatic rings. The van der Waals surface area contributed by atoms with Gasteiger partial charge < -0.3 is 10.8 Å². The Kier molecular flexibility index (Phi) is 2.38. The third kappa shape index (κ3) is 2.23. The van der Waals surface area contributed by atoms with Gasteiger partial charge in [0, 0.05) is 24.8 Å². The molecule has 4 nitrogen and oxygen atoms in total. The standard InChI is InChI=1S/C8H15N3O/c1-8(2,6-12)5-11-4-7(9)3-10-11/h3-4,12H,5-6,9H2,1-2H3. The molecule has 3 N–H and O–H groups in total. The molecule has 1 aromatic heterocycles. The van der Waals surface area contributed by atoms with Gasteiger partial charge in [-0.25, -0.2) is 0 Å². The zero-order chi connectivity index (χ0) is 9.19. The molecule has 0 amide bonds. The van der Waals surface area contributed by atoms with Gasteiger partial charge >= 0.3 is 0 Å². The van der Waals surface area contributed by atoms with Gasteiger partial charge in [0.05, 0.1) is 11.9 Å². The Labute approximate surface area is 72.0 Å². The van der Waals surface area contributed by atoms with Crippen molar-refractivity contribution < 1.29 is 5.11 Å². The number of nitrogen functional groups attached to an aromatic ring is 1. The minimum atomic E-state index is -0.140. The molecule has 0 fully saturated rings. The minimum absolute atomic E-state index is 0.140. The number of nitrogens with zero attached hydrogens (tertiary/aromatic N) is 2. The first-order valence-electron chi connectivity index (χ1n) is 3.92. The van der Waals surface area contributed by atoms with Crippen molar-refractivity contribution in [2.75, 3.05) is 12.3 Å². The van der Waals surface area contributed by atoms with Crippen molar-refractivity contribution in [2.24, 2.45) is 5.41 Å². The SMILES string of the molecule is CC(C)(CO)Cn1cc(N)cn1. The van der Waals surface area contributed by atoms with Gasteiger partial charge in [-0.1, -0.05) is 13.8 Å². The first kappa shape index (κ1) is 9.06. The first-order chi connectivity index (χ1) is 5.53. The van der Waals surface area contributed by atoms with Gasteiger partial charge in [-0.15, -0.1) is 0 Å². The van der Waals surface area contributed by atoms with Crippen molar-refractivity contribution in [3.63, 3.8) is 0 Å². The van der Waals surface area contributed by atoms with Crippen LogP contribution in [0, 0.1) is 5.41 Å². The summed E-state index contributed by atoms with van der Waals surface area (Å²) in [6, 6.07) is 0. The second-order valence-electron chi connectivity index (χ2n) is 3.79. The van der Waals surface area contributed by atoms with Gasteiger partial charge in [-0.05, 0) is 0 Å². The summed E-state index contributed by atoms with van der Waals surface area (Å²) in [6.07, 6.45) is 3.37. The molecule has 1 heterocycles. The summed E-state index contributed by atoms with van der Waals surface area (Å²) in [4.78, 5) is 0. The molecular weight excluding hydrogens is 154 g/mol. The highest BCUT2D eigenvalue weighted by molar-refractivity contribution is 5.30. The first-order valence-corrected chi connectivity index (χ1v) is 3.92. The predicted octanol–water partition coefficient (Wildman–Crippen LogP) is 0.484. The van der Waals surface area contributed by atoms with E-state index < -0.39 is 0 Å². The maximum atomic E-state index is 8.99. The van der Waals surface area contributed by atoms with Crippen LogP contribution in [-0.4, -0.2) is 21.5 Å². The van der Waals surface area contributed by atoms with Crippen LogP contribution in [-0.2, 0) is 6.54 Å². The quantitative estimate of drug-likeness (QED) is 0.692. The molecule has 0 saturated heterocycles. The van der Waals surface area contributed by atoms with E-state index in [1.54, 1.807) is 17.1 Å². The second kappa shape index (κ2) is 3.15. The number of aliphatic hydroxyl groups is 1. The van der Waals surface area contributed by atoms with E-state index in [9.17, 15) is 0 Å². The van der Waals surface area contributed by atoms with Crippen molar-refractivity contribution in [1.29, 1.82) is 0 Å². The molecule has 0 atom stereocenters. The highest BCUT2D eigenvalue weighted by Gasteiger charge is 2.17. The lowest BCUT2D eigenvalue weighted by Crippen LogP contribution is -2.23. The maximum absolute atomic E-state index is 8.99. The van der Waals surface area contributed by atoms with E-state index in [1.165, 1.54) is 0 Å². The van der Waals surface area contributed by atoms with Crippen molar-refractivity contribution >= 4 is 5.69 Å². The van der Waals surface area contributed by atoms with E-state index in [0.717, 1.165) is 0 Å². The third-order valence-electron chi connectivity index (χ3n) is 1.67. The van der Waals surface area contributed by atoms with Crippen LogP contribution < -0.4 is 5.73 Å². The monoisotopic (exact) mass is 169 g/mol. The zero-order valence-corrected chi connectivity index (χ0v) is 7.49. The summed E-state index contributed by atoms with van der Waals surface area (Å²) in [5.74, 6) is 0. The van der Waals surface area contributed by atoms with E-state index in [-0.39, 0.29) is 12.0 Å². The van der Waals surface area contributed by atoms with Crippen molar-refractivity contribution in [2.45, 2.75) is 20.4 Å². The molecule has 1 aromatic rings. The number of hydrogen-bond donors (Lipinski definition) is 2. The molecule has 0 saturated carbocycles. The Hall–Kier alpha value is -1.03. The Balaban J connectivity index is 2.63. The minimum Gasteiger partial charge on any atom is -0.396 e. The fourth-order valence-corrected chi connectivity index (χ4v) is 0.955. The molecule has 0 aromatic carbocycles. The lowest BCUT2D eigenvalue weighted by Gasteiger charge is -2.20. The summed E-state index contributed by atoms with van der Waals surface area (Å²) in [5.41, 5.74) is 6.01. The normalized spacial score (nSPS) is 11.9. The van der Waals surface area contributed by atoms with Crippen molar-refractivity contribution in [3.8, 4) is 0 Å². The predicted molar refractivity (Wildman–Crippen MR) is 47.5 cm³/mol. The van der Waals surface area contributed by atoms with Crippen LogP contribution >= 0.6 is 0 Å². The molecule has 4 heteroatoms. The Morgan fingerprint density at radius 3 is 2.75 bits per heavy atom. The van der Waals surface area contributed by atoms with Gasteiger partial charge in [0.2, 0.25) is 0 Å². The van der Waals surface area contributed by atoms with Gasteiger partial charge in [-0.3, -0.25) is 4.68 Å². The number of rotatable bonds is 3. The smallest absolute Gasteiger partial charge is 0.0719 e. The molecule has 0 bridgehead atoms. The topological polar surface area (TPSA) is 64.1 Å². The summed E-state index contributed by atoms with van der Waals surface area (Å²) < 4.78 is 1.74. The molecule has 12 heavy (non-hydrogen) atoms. The number of nitrogens with two attached hydrogens (primary N) is 1. The van der Waals surface area contributed by atoms with Crippen LogP contribution in [0.25, 0.3) is 0 Å². The highest BCUT2D eigenvalue weighted by atomic mass is 16.3. The molecule has 0 unspecified atom stereocenters. The van der Waals surface area contributed by atoms with Crippen LogP contribution in [0.15, 0.2) is 12.4 Å². The van der Waals surface area contributed by atoms with Crippen LogP contribution in [0.3, 0.4) is 0 Å². The summed E-state index contributed by atoms with van der Waals surface area (Å²) in [6.45, 7) is 4.78. The Bertz CT molecular complexity index is 255. The molecule has 0 spiro atoms. The van der Waals surface area contributed by atoms with Gasteiger partial charge in [0.15, 0.2) is 0 Å². The van der Waals surface area contributed by atoms with E-state index in [4.69, 9.17) is 10.8 Å². The van der Waals surface area contributed by atoms with E-state index in [2.05, 4.69) is 5.10 Å². The van der Waals surface area contributed by atoms with E-state index >= 15 is 0 Å². The largest absolute Gasteiger partial charge is 0.396 e. The number of hydrogen-bond acceptors (Lipinski definition) is 3. The lowest BCUT2D eigenvalue weighted by molar-refractivity contribution is 0.136. The molecule has 0 aliphatic heterocycles. The molecule has 1 rings (SSSR count). The Morgan fingerprint density at radius 1 is 1.67 bits per heavy atom. The number of anilines is 1. The fraction of sp³-hybridized carbons (Fsp3) is 0.625. The molecular formula is C8H15N3O. The number of aromatic nitrogens is 2. The van der Waals surface area contributed by atoms with Crippen LogP contribution in [0.4, 0.5) is 5.69 Å². The van der Waals surface area contributed by atoms with Crippen LogP contribution in [0.1, 0.15) is 13.8 Å². The summed E-state index contributed by atoms with van der Waals surface area (Å²) in [5, 5.41) is 13.0. The van der Waals surface area contributed by atoms with E-state index in [1.807, 2.05) is 13.8 Å². The lowest BCUT2D eigenvalue weighted by atomic mass is 9.95. The third-order valence-corrected chi connectivity index (χ3v) is 1.67. The average molecular weight is 169 g/mol. The van der Waals surface area contributed by atoms with E-state index in [0.29, 0.717) is 12.2 Å². The van der Waals surface area contributed by atoms with Crippen LogP contribution in [0.5, 0.6) is 0 Å². The van der Waals surface area contributed by atoms with Gasteiger partial charge in [0.1, 0.15) is 0 Å². The fourth-order valence-electron chi connectivity index (χ4n) is 0.955. The van der Waals surface area contributed by atoms with Gasteiger partial charge in [-0.2, -0.15) is 5.10 Å². The molecule has 68 valence electrons. The maximum Gasteiger partial charge on any atom is 0.0719 e.